The first-order chi connectivity index (χ1) is 6.84. The van der Waals surface area contributed by atoms with E-state index in [9.17, 15) is 0 Å². The van der Waals surface area contributed by atoms with Crippen molar-refractivity contribution in [2.45, 2.75) is 56.7 Å². The van der Waals surface area contributed by atoms with Gasteiger partial charge in [0.2, 0.25) is 0 Å². The Hall–Kier alpha value is 0.440. The van der Waals surface area contributed by atoms with Crippen LogP contribution in [-0.4, -0.2) is 18.0 Å². The molecule has 1 nitrogen and oxygen atoms in total. The fraction of sp³-hybridized carbons (Fsp3) is 1.00. The second kappa shape index (κ2) is 7.70. The Kier molecular flexibility index (Phi) is 6.88. The van der Waals surface area contributed by atoms with E-state index in [4.69, 9.17) is 4.74 Å². The molecule has 1 aliphatic heterocycles. The summed E-state index contributed by atoms with van der Waals surface area (Å²) in [7, 11) is 0. The Bertz CT molecular complexity index is 138. The van der Waals surface area contributed by atoms with Crippen molar-refractivity contribution in [1.82, 2.24) is 0 Å². The van der Waals surface area contributed by atoms with E-state index in [1.807, 2.05) is 0 Å². The highest BCUT2D eigenvalue weighted by molar-refractivity contribution is 9.09. The quantitative estimate of drug-likeness (QED) is 0.516. The molecule has 0 amide bonds. The largest absolute Gasteiger partial charge is 0.381 e. The van der Waals surface area contributed by atoms with Crippen LogP contribution < -0.4 is 0 Å². The lowest BCUT2D eigenvalue weighted by Crippen LogP contribution is -2.27. The van der Waals surface area contributed by atoms with Gasteiger partial charge in [-0.05, 0) is 18.8 Å². The second-order valence-corrected chi connectivity index (χ2v) is 5.52. The number of unbranched alkanes of at least 4 members (excludes halogenated alkanes) is 4. The molecule has 84 valence electrons. The van der Waals surface area contributed by atoms with Crippen LogP contribution >= 0.6 is 15.9 Å². The molecule has 0 N–H and O–H groups in total. The Morgan fingerprint density at radius 2 is 2.00 bits per heavy atom. The number of rotatable bonds is 6. The van der Waals surface area contributed by atoms with Gasteiger partial charge >= 0.3 is 0 Å². The minimum Gasteiger partial charge on any atom is -0.381 e. The lowest BCUT2D eigenvalue weighted by atomic mass is 9.95. The van der Waals surface area contributed by atoms with Crippen molar-refractivity contribution in [1.29, 1.82) is 0 Å². The van der Waals surface area contributed by atoms with Gasteiger partial charge in [0.15, 0.2) is 0 Å². The molecule has 1 fully saturated rings. The van der Waals surface area contributed by atoms with Crippen molar-refractivity contribution in [2.24, 2.45) is 5.92 Å². The predicted octanol–water partition coefficient (Wildman–Crippen LogP) is 4.15. The highest BCUT2D eigenvalue weighted by atomic mass is 79.9. The third kappa shape index (κ3) is 4.79. The molecule has 0 aromatic carbocycles. The van der Waals surface area contributed by atoms with E-state index in [0.29, 0.717) is 4.83 Å². The van der Waals surface area contributed by atoms with Crippen LogP contribution in [-0.2, 0) is 4.74 Å². The predicted molar refractivity (Wildman–Crippen MR) is 65.0 cm³/mol. The van der Waals surface area contributed by atoms with E-state index in [-0.39, 0.29) is 0 Å². The summed E-state index contributed by atoms with van der Waals surface area (Å²) in [5, 5.41) is 0. The van der Waals surface area contributed by atoms with Gasteiger partial charge in [-0.2, -0.15) is 0 Å². The summed E-state index contributed by atoms with van der Waals surface area (Å²) in [6.07, 6.45) is 9.49. The third-order valence-electron chi connectivity index (χ3n) is 3.06. The first-order valence-electron chi connectivity index (χ1n) is 6.06. The van der Waals surface area contributed by atoms with Crippen LogP contribution in [0.4, 0.5) is 0 Å². The number of hydrogen-bond acceptors (Lipinski definition) is 1. The van der Waals surface area contributed by atoms with Gasteiger partial charge in [0.25, 0.3) is 0 Å². The standard InChI is InChI=1S/C12H23BrO/c1-2-3-4-5-6-7-11-10-14-9-8-12(11)13/h11-12H,2-10H2,1H3. The number of hydrogen-bond donors (Lipinski definition) is 0. The fourth-order valence-corrected chi connectivity index (χ4v) is 2.65. The van der Waals surface area contributed by atoms with Crippen molar-refractivity contribution in [3.63, 3.8) is 0 Å². The molecule has 0 saturated carbocycles. The van der Waals surface area contributed by atoms with Crippen molar-refractivity contribution >= 4 is 15.9 Å². The topological polar surface area (TPSA) is 9.23 Å². The molecule has 2 unspecified atom stereocenters. The van der Waals surface area contributed by atoms with Crippen LogP contribution in [0.5, 0.6) is 0 Å². The molecule has 0 bridgehead atoms. The monoisotopic (exact) mass is 262 g/mol. The molecular formula is C12H23BrO. The van der Waals surface area contributed by atoms with E-state index >= 15 is 0 Å². The van der Waals surface area contributed by atoms with E-state index in [0.717, 1.165) is 19.1 Å². The minimum atomic E-state index is 0.711. The summed E-state index contributed by atoms with van der Waals surface area (Å²) in [6.45, 7) is 4.19. The molecule has 14 heavy (non-hydrogen) atoms. The highest BCUT2D eigenvalue weighted by Crippen LogP contribution is 2.26. The summed E-state index contributed by atoms with van der Waals surface area (Å²) in [5.74, 6) is 0.769. The average molecular weight is 263 g/mol. The van der Waals surface area contributed by atoms with E-state index in [1.165, 1.54) is 44.9 Å². The van der Waals surface area contributed by atoms with Gasteiger partial charge in [0.1, 0.15) is 0 Å². The smallest absolute Gasteiger partial charge is 0.0504 e. The fourth-order valence-electron chi connectivity index (χ4n) is 2.04. The van der Waals surface area contributed by atoms with Gasteiger partial charge in [-0.15, -0.1) is 0 Å². The lowest BCUT2D eigenvalue weighted by molar-refractivity contribution is 0.0563. The van der Waals surface area contributed by atoms with Gasteiger partial charge in [-0.1, -0.05) is 55.0 Å². The van der Waals surface area contributed by atoms with E-state index in [2.05, 4.69) is 22.9 Å². The third-order valence-corrected chi connectivity index (χ3v) is 4.27. The van der Waals surface area contributed by atoms with Crippen molar-refractivity contribution in [3.8, 4) is 0 Å². The molecule has 1 heterocycles. The van der Waals surface area contributed by atoms with Crippen LogP contribution in [0.1, 0.15) is 51.9 Å². The molecule has 2 atom stereocenters. The van der Waals surface area contributed by atoms with Crippen molar-refractivity contribution < 1.29 is 4.74 Å². The molecule has 0 aromatic heterocycles. The van der Waals surface area contributed by atoms with E-state index in [1.54, 1.807) is 0 Å². The molecule has 0 radical (unpaired) electrons. The molecule has 0 aliphatic carbocycles. The van der Waals surface area contributed by atoms with Crippen LogP contribution in [0.15, 0.2) is 0 Å². The molecule has 2 heteroatoms. The van der Waals surface area contributed by atoms with Gasteiger partial charge in [0.05, 0.1) is 6.61 Å². The lowest BCUT2D eigenvalue weighted by Gasteiger charge is -2.27. The Morgan fingerprint density at radius 1 is 1.21 bits per heavy atom. The Morgan fingerprint density at radius 3 is 2.71 bits per heavy atom. The van der Waals surface area contributed by atoms with Gasteiger partial charge in [-0.3, -0.25) is 0 Å². The van der Waals surface area contributed by atoms with E-state index < -0.39 is 0 Å². The molecule has 1 aliphatic rings. The molecule has 0 spiro atoms. The second-order valence-electron chi connectivity index (χ2n) is 4.34. The first kappa shape index (κ1) is 12.5. The summed E-state index contributed by atoms with van der Waals surface area (Å²) < 4.78 is 5.50. The maximum atomic E-state index is 5.50. The molecular weight excluding hydrogens is 240 g/mol. The number of halogens is 1. The summed E-state index contributed by atoms with van der Waals surface area (Å²) in [4.78, 5) is 0.711. The van der Waals surface area contributed by atoms with Crippen LogP contribution in [0.3, 0.4) is 0 Å². The van der Waals surface area contributed by atoms with Crippen molar-refractivity contribution in [2.75, 3.05) is 13.2 Å². The van der Waals surface area contributed by atoms with Crippen LogP contribution in [0, 0.1) is 5.92 Å². The Labute approximate surface area is 96.7 Å². The molecule has 1 saturated heterocycles. The molecule has 1 rings (SSSR count). The maximum absolute atomic E-state index is 5.50. The Balaban J connectivity index is 1.99. The first-order valence-corrected chi connectivity index (χ1v) is 6.98. The number of alkyl halides is 1. The summed E-state index contributed by atoms with van der Waals surface area (Å²) in [6, 6.07) is 0. The van der Waals surface area contributed by atoms with Gasteiger partial charge < -0.3 is 4.74 Å². The van der Waals surface area contributed by atoms with Crippen LogP contribution in [0.2, 0.25) is 0 Å². The summed E-state index contributed by atoms with van der Waals surface area (Å²) >= 11 is 3.76. The number of ether oxygens (including phenoxy) is 1. The van der Waals surface area contributed by atoms with Crippen molar-refractivity contribution in [3.05, 3.63) is 0 Å². The van der Waals surface area contributed by atoms with Crippen LogP contribution in [0.25, 0.3) is 0 Å². The SMILES string of the molecule is CCCCCCCC1COCCC1Br. The van der Waals surface area contributed by atoms with Gasteiger partial charge in [-0.25, -0.2) is 0 Å². The minimum absolute atomic E-state index is 0.711. The normalized spacial score (nSPS) is 27.9. The zero-order valence-electron chi connectivity index (χ0n) is 9.30. The van der Waals surface area contributed by atoms with Gasteiger partial charge in [0, 0.05) is 11.4 Å². The zero-order chi connectivity index (χ0) is 10.2. The molecule has 0 aromatic rings. The highest BCUT2D eigenvalue weighted by Gasteiger charge is 2.22. The maximum Gasteiger partial charge on any atom is 0.0504 e. The summed E-state index contributed by atoms with van der Waals surface area (Å²) in [5.41, 5.74) is 0. The zero-order valence-corrected chi connectivity index (χ0v) is 10.9. The average Bonchev–Trinajstić information content (AvgIpc) is 2.20.